The normalized spacial score (nSPS) is 11.7. The highest BCUT2D eigenvalue weighted by Gasteiger charge is 2.30. The molecule has 0 radical (unpaired) electrons. The molecule has 0 spiro atoms. The van der Waals surface area contributed by atoms with Gasteiger partial charge in [0.2, 0.25) is 5.82 Å². The first-order chi connectivity index (χ1) is 13.3. The van der Waals surface area contributed by atoms with Crippen molar-refractivity contribution in [3.8, 4) is 11.4 Å². The molecule has 0 fully saturated rings. The fraction of sp³-hybridized carbons (Fsp3) is 0.105. The molecular weight excluding hydrogens is 380 g/mol. The zero-order valence-electron chi connectivity index (χ0n) is 14.1. The third-order valence-corrected chi connectivity index (χ3v) is 3.53. The number of rotatable bonds is 5. The predicted octanol–water partition coefficient (Wildman–Crippen LogP) is 4.65. The van der Waals surface area contributed by atoms with Gasteiger partial charge in [0.05, 0.1) is 5.56 Å². The van der Waals surface area contributed by atoms with Gasteiger partial charge in [-0.15, -0.1) is 0 Å². The van der Waals surface area contributed by atoms with Crippen LogP contribution in [0.25, 0.3) is 17.5 Å². The largest absolute Gasteiger partial charge is 0.452 e. The predicted molar refractivity (Wildman–Crippen MR) is 90.0 cm³/mol. The summed E-state index contributed by atoms with van der Waals surface area (Å²) < 4.78 is 60.7. The molecule has 0 unspecified atom stereocenters. The minimum atomic E-state index is -4.47. The molecule has 0 aliphatic heterocycles. The number of hydrogen-bond acceptors (Lipinski definition) is 5. The summed E-state index contributed by atoms with van der Waals surface area (Å²) in [6, 6.07) is 9.92. The number of ether oxygens (including phenoxy) is 1. The van der Waals surface area contributed by atoms with Crippen LogP contribution in [0.3, 0.4) is 0 Å². The summed E-state index contributed by atoms with van der Waals surface area (Å²) in [5.74, 6) is -0.987. The monoisotopic (exact) mass is 392 g/mol. The molecule has 1 aromatic heterocycles. The summed E-state index contributed by atoms with van der Waals surface area (Å²) in [7, 11) is 0. The molecule has 0 aliphatic rings. The highest BCUT2D eigenvalue weighted by molar-refractivity contribution is 5.87. The summed E-state index contributed by atoms with van der Waals surface area (Å²) >= 11 is 0. The maximum atomic E-state index is 12.9. The Morgan fingerprint density at radius 1 is 1.14 bits per heavy atom. The van der Waals surface area contributed by atoms with Crippen LogP contribution in [0.4, 0.5) is 17.6 Å². The van der Waals surface area contributed by atoms with Crippen molar-refractivity contribution in [1.82, 2.24) is 10.1 Å². The molecule has 0 saturated heterocycles. The van der Waals surface area contributed by atoms with Crippen LogP contribution < -0.4 is 0 Å². The molecule has 0 aliphatic carbocycles. The number of benzene rings is 2. The highest BCUT2D eigenvalue weighted by Crippen LogP contribution is 2.29. The van der Waals surface area contributed by atoms with Gasteiger partial charge in [0.25, 0.3) is 5.89 Å². The van der Waals surface area contributed by atoms with Gasteiger partial charge in [-0.1, -0.05) is 17.3 Å². The van der Waals surface area contributed by atoms with E-state index >= 15 is 0 Å². The van der Waals surface area contributed by atoms with E-state index in [0.717, 1.165) is 18.2 Å². The smallest absolute Gasteiger partial charge is 0.416 e. The van der Waals surface area contributed by atoms with Gasteiger partial charge in [-0.25, -0.2) is 9.18 Å². The summed E-state index contributed by atoms with van der Waals surface area (Å²) in [5, 5.41) is 3.70. The van der Waals surface area contributed by atoms with Crippen LogP contribution >= 0.6 is 0 Å². The number of alkyl halides is 3. The Hall–Kier alpha value is -3.49. The zero-order chi connectivity index (χ0) is 20.1. The van der Waals surface area contributed by atoms with Crippen molar-refractivity contribution in [3.05, 3.63) is 77.4 Å². The SMILES string of the molecule is O=C(/C=C/c1cccc(C(F)(F)F)c1)OCc1nc(-c2ccc(F)cc2)no1. The van der Waals surface area contributed by atoms with Crippen molar-refractivity contribution < 1.29 is 31.6 Å². The fourth-order valence-electron chi connectivity index (χ4n) is 2.19. The van der Waals surface area contributed by atoms with Crippen molar-refractivity contribution in [3.63, 3.8) is 0 Å². The molecule has 0 saturated carbocycles. The van der Waals surface area contributed by atoms with Gasteiger partial charge in [0, 0.05) is 11.6 Å². The summed E-state index contributed by atoms with van der Waals surface area (Å²) in [6.45, 7) is -0.319. The second kappa shape index (κ2) is 8.03. The second-order valence-corrected chi connectivity index (χ2v) is 5.58. The zero-order valence-corrected chi connectivity index (χ0v) is 14.1. The molecule has 0 atom stereocenters. The first-order valence-corrected chi connectivity index (χ1v) is 7.92. The number of esters is 1. The molecule has 3 aromatic rings. The van der Waals surface area contributed by atoms with Gasteiger partial charge in [-0.3, -0.25) is 0 Å². The number of halogens is 4. The minimum absolute atomic E-state index is 0.0140. The van der Waals surface area contributed by atoms with Gasteiger partial charge in [-0.2, -0.15) is 18.2 Å². The van der Waals surface area contributed by atoms with Crippen molar-refractivity contribution in [2.45, 2.75) is 12.8 Å². The Morgan fingerprint density at radius 3 is 2.61 bits per heavy atom. The van der Waals surface area contributed by atoms with Gasteiger partial charge in [0.15, 0.2) is 6.61 Å². The van der Waals surface area contributed by atoms with E-state index in [2.05, 4.69) is 10.1 Å². The number of carbonyl (C=O) groups is 1. The average molecular weight is 392 g/mol. The van der Waals surface area contributed by atoms with Gasteiger partial charge >= 0.3 is 12.1 Å². The minimum Gasteiger partial charge on any atom is -0.452 e. The Balaban J connectivity index is 1.57. The van der Waals surface area contributed by atoms with Crippen molar-refractivity contribution >= 4 is 12.0 Å². The molecule has 1 heterocycles. The van der Waals surface area contributed by atoms with Crippen molar-refractivity contribution in [2.24, 2.45) is 0 Å². The Morgan fingerprint density at radius 2 is 1.89 bits per heavy atom. The van der Waals surface area contributed by atoms with E-state index in [4.69, 9.17) is 9.26 Å². The second-order valence-electron chi connectivity index (χ2n) is 5.58. The molecular formula is C19H12F4N2O3. The van der Waals surface area contributed by atoms with Gasteiger partial charge < -0.3 is 9.26 Å². The molecule has 0 amide bonds. The van der Waals surface area contributed by atoms with Crippen LogP contribution in [0.5, 0.6) is 0 Å². The Bertz CT molecular complexity index is 995. The first kappa shape index (κ1) is 19.3. The molecule has 5 nitrogen and oxygen atoms in total. The number of hydrogen-bond donors (Lipinski definition) is 0. The lowest BCUT2D eigenvalue weighted by atomic mass is 10.1. The van der Waals surface area contributed by atoms with Crippen LogP contribution in [-0.4, -0.2) is 16.1 Å². The van der Waals surface area contributed by atoms with E-state index in [1.807, 2.05) is 0 Å². The quantitative estimate of drug-likeness (QED) is 0.359. The number of aromatic nitrogens is 2. The van der Waals surface area contributed by atoms with Crippen LogP contribution in [0.1, 0.15) is 17.0 Å². The van der Waals surface area contributed by atoms with Crippen molar-refractivity contribution in [1.29, 1.82) is 0 Å². The molecule has 0 N–H and O–H groups in total. The van der Waals surface area contributed by atoms with Gasteiger partial charge in [0.1, 0.15) is 5.82 Å². The maximum absolute atomic E-state index is 12.9. The fourth-order valence-corrected chi connectivity index (χ4v) is 2.19. The highest BCUT2D eigenvalue weighted by atomic mass is 19.4. The van der Waals surface area contributed by atoms with Gasteiger partial charge in [-0.05, 0) is 48.0 Å². The molecule has 28 heavy (non-hydrogen) atoms. The van der Waals surface area contributed by atoms with E-state index in [-0.39, 0.29) is 23.9 Å². The van der Waals surface area contributed by atoms with Crippen LogP contribution in [0.15, 0.2) is 59.1 Å². The molecule has 9 heteroatoms. The van der Waals surface area contributed by atoms with Crippen molar-refractivity contribution in [2.75, 3.05) is 0 Å². The average Bonchev–Trinajstić information content (AvgIpc) is 3.14. The maximum Gasteiger partial charge on any atom is 0.416 e. The summed E-state index contributed by atoms with van der Waals surface area (Å²) in [5.41, 5.74) is -0.0995. The third-order valence-electron chi connectivity index (χ3n) is 3.53. The lowest BCUT2D eigenvalue weighted by Crippen LogP contribution is -2.04. The summed E-state index contributed by atoms with van der Waals surface area (Å²) in [4.78, 5) is 15.7. The lowest BCUT2D eigenvalue weighted by Gasteiger charge is -2.06. The van der Waals surface area contributed by atoms with E-state index in [1.165, 1.54) is 42.5 Å². The molecule has 2 aromatic carbocycles. The van der Waals surface area contributed by atoms with E-state index in [0.29, 0.717) is 5.56 Å². The van der Waals surface area contributed by atoms with Crippen LogP contribution in [0.2, 0.25) is 0 Å². The standard InChI is InChI=1S/C19H12F4N2O3/c20-15-7-5-13(6-8-15)18-24-16(28-25-18)11-27-17(26)9-4-12-2-1-3-14(10-12)19(21,22)23/h1-10H,11H2/b9-4+. The Kier molecular flexibility index (Phi) is 5.53. The lowest BCUT2D eigenvalue weighted by molar-refractivity contribution is -0.139. The van der Waals surface area contributed by atoms with E-state index in [9.17, 15) is 22.4 Å². The first-order valence-electron chi connectivity index (χ1n) is 7.92. The van der Waals surface area contributed by atoms with Crippen LogP contribution in [-0.2, 0) is 22.3 Å². The Labute approximate surface area is 156 Å². The molecule has 3 rings (SSSR count). The third kappa shape index (κ3) is 5.03. The number of carbonyl (C=O) groups excluding carboxylic acids is 1. The summed E-state index contributed by atoms with van der Waals surface area (Å²) in [6.07, 6.45) is -2.27. The molecule has 144 valence electrons. The number of nitrogens with zero attached hydrogens (tertiary/aromatic N) is 2. The van der Waals surface area contributed by atoms with E-state index < -0.39 is 23.5 Å². The van der Waals surface area contributed by atoms with Crippen LogP contribution in [0, 0.1) is 5.82 Å². The topological polar surface area (TPSA) is 65.2 Å². The molecule has 0 bridgehead atoms. The van der Waals surface area contributed by atoms with E-state index in [1.54, 1.807) is 0 Å².